The fourth-order valence-electron chi connectivity index (χ4n) is 3.20. The van der Waals surface area contributed by atoms with Crippen LogP contribution in [-0.2, 0) is 4.79 Å². The molecule has 0 fully saturated rings. The number of amides is 1. The normalized spacial score (nSPS) is 10.8. The van der Waals surface area contributed by atoms with Crippen molar-refractivity contribution in [2.45, 2.75) is 0 Å². The molecule has 3 aromatic carbocycles. The highest BCUT2D eigenvalue weighted by Gasteiger charge is 2.04. The van der Waals surface area contributed by atoms with Crippen molar-refractivity contribution in [2.24, 2.45) is 5.10 Å². The van der Waals surface area contributed by atoms with Crippen LogP contribution in [0.3, 0.4) is 0 Å². The van der Waals surface area contributed by atoms with Crippen molar-refractivity contribution >= 4 is 12.1 Å². The average molecular weight is 425 g/mol. The summed E-state index contributed by atoms with van der Waals surface area (Å²) in [6, 6.07) is 29.2. The summed E-state index contributed by atoms with van der Waals surface area (Å²) in [6.45, 7) is -0.123. The van der Waals surface area contributed by atoms with Gasteiger partial charge >= 0.3 is 0 Å². The van der Waals surface area contributed by atoms with E-state index in [1.165, 1.54) is 0 Å². The molecule has 0 atom stereocenters. The van der Waals surface area contributed by atoms with Crippen LogP contribution in [0.1, 0.15) is 5.69 Å². The number of methoxy groups -OCH3 is 1. The van der Waals surface area contributed by atoms with Crippen LogP contribution >= 0.6 is 0 Å². The monoisotopic (exact) mass is 425 g/mol. The van der Waals surface area contributed by atoms with Gasteiger partial charge in [-0.2, -0.15) is 5.10 Å². The fraction of sp³-hybridized carbons (Fsp3) is 0.0769. The number of carbonyl (C=O) groups excluding carboxylic acids is 1. The molecule has 1 amide bonds. The second-order valence-corrected chi connectivity index (χ2v) is 6.97. The van der Waals surface area contributed by atoms with Crippen molar-refractivity contribution in [1.29, 1.82) is 0 Å². The minimum atomic E-state index is -0.337. The second kappa shape index (κ2) is 10.1. The molecule has 6 heteroatoms. The highest BCUT2D eigenvalue weighted by Crippen LogP contribution is 2.22. The Labute approximate surface area is 186 Å². The van der Waals surface area contributed by atoms with E-state index in [0.29, 0.717) is 5.75 Å². The van der Waals surface area contributed by atoms with Gasteiger partial charge in [0, 0.05) is 11.9 Å². The first kappa shape index (κ1) is 20.9. The number of hydrazone groups is 1. The van der Waals surface area contributed by atoms with E-state index >= 15 is 0 Å². The molecule has 4 rings (SSSR count). The molecule has 0 spiro atoms. The molecule has 0 bridgehead atoms. The number of carbonyl (C=O) groups is 1. The molecule has 1 heterocycles. The van der Waals surface area contributed by atoms with Crippen LogP contribution in [-0.4, -0.2) is 30.4 Å². The maximum Gasteiger partial charge on any atom is 0.277 e. The maximum absolute atomic E-state index is 12.1. The lowest BCUT2D eigenvalue weighted by Crippen LogP contribution is -2.24. The molecule has 6 nitrogen and oxygen atoms in total. The first-order chi connectivity index (χ1) is 15.7. The lowest BCUT2D eigenvalue weighted by Gasteiger charge is -2.08. The predicted octanol–water partition coefficient (Wildman–Crippen LogP) is 4.68. The maximum atomic E-state index is 12.1. The molecule has 0 saturated heterocycles. The molecular formula is C26H23N3O3. The van der Waals surface area contributed by atoms with E-state index in [-0.39, 0.29) is 12.5 Å². The van der Waals surface area contributed by atoms with E-state index in [4.69, 9.17) is 9.47 Å². The van der Waals surface area contributed by atoms with Gasteiger partial charge < -0.3 is 14.0 Å². The lowest BCUT2D eigenvalue weighted by molar-refractivity contribution is -0.123. The summed E-state index contributed by atoms with van der Waals surface area (Å²) in [6.07, 6.45) is 3.52. The highest BCUT2D eigenvalue weighted by molar-refractivity contribution is 5.82. The molecule has 1 N–H and O–H groups in total. The van der Waals surface area contributed by atoms with Gasteiger partial charge in [0.2, 0.25) is 0 Å². The molecule has 0 unspecified atom stereocenters. The van der Waals surface area contributed by atoms with E-state index in [0.717, 1.165) is 28.3 Å². The summed E-state index contributed by atoms with van der Waals surface area (Å²) in [5.74, 6) is 1.08. The smallest absolute Gasteiger partial charge is 0.277 e. The highest BCUT2D eigenvalue weighted by atomic mass is 16.5. The molecule has 32 heavy (non-hydrogen) atoms. The lowest BCUT2D eigenvalue weighted by atomic mass is 10.1. The molecule has 0 aliphatic carbocycles. The Morgan fingerprint density at radius 2 is 1.56 bits per heavy atom. The molecular weight excluding hydrogens is 402 g/mol. The van der Waals surface area contributed by atoms with Crippen molar-refractivity contribution in [2.75, 3.05) is 13.7 Å². The van der Waals surface area contributed by atoms with Crippen LogP contribution in [0.4, 0.5) is 0 Å². The average Bonchev–Trinajstić information content (AvgIpc) is 3.32. The molecule has 0 radical (unpaired) electrons. The zero-order valence-corrected chi connectivity index (χ0v) is 17.6. The number of rotatable bonds is 8. The largest absolute Gasteiger partial charge is 0.497 e. The van der Waals surface area contributed by atoms with E-state index in [2.05, 4.69) is 10.5 Å². The van der Waals surface area contributed by atoms with Crippen LogP contribution in [0, 0.1) is 0 Å². The van der Waals surface area contributed by atoms with E-state index < -0.39 is 0 Å². The Bertz CT molecular complexity index is 1180. The second-order valence-electron chi connectivity index (χ2n) is 6.97. The van der Waals surface area contributed by atoms with Gasteiger partial charge in [-0.05, 0) is 59.7 Å². The Hall–Kier alpha value is -4.32. The van der Waals surface area contributed by atoms with Crippen LogP contribution in [0.2, 0.25) is 0 Å². The first-order valence-electron chi connectivity index (χ1n) is 10.1. The van der Waals surface area contributed by atoms with Gasteiger partial charge in [-0.15, -0.1) is 0 Å². The van der Waals surface area contributed by atoms with Crippen molar-refractivity contribution < 1.29 is 14.3 Å². The van der Waals surface area contributed by atoms with Gasteiger partial charge in [-0.1, -0.05) is 42.5 Å². The van der Waals surface area contributed by atoms with Gasteiger partial charge in [0.25, 0.3) is 5.91 Å². The van der Waals surface area contributed by atoms with Gasteiger partial charge in [0.1, 0.15) is 11.5 Å². The zero-order chi connectivity index (χ0) is 22.2. The standard InChI is InChI=1S/C26H23N3O3/c1-31-24-15-11-22(12-16-24)29-17-5-8-23(29)18-27-28-26(30)19-32-25-13-9-21(10-14-25)20-6-3-2-4-7-20/h2-18H,19H2,1H3,(H,28,30)/b27-18+. The summed E-state index contributed by atoms with van der Waals surface area (Å²) in [4.78, 5) is 12.1. The number of hydrogen-bond acceptors (Lipinski definition) is 4. The van der Waals surface area contributed by atoms with Crippen LogP contribution in [0.15, 0.2) is 102 Å². The Kier molecular flexibility index (Phi) is 6.63. The molecule has 1 aromatic heterocycles. The van der Waals surface area contributed by atoms with Gasteiger partial charge in [0.15, 0.2) is 6.61 Å². The van der Waals surface area contributed by atoms with Gasteiger partial charge in [0.05, 0.1) is 19.0 Å². The van der Waals surface area contributed by atoms with Crippen molar-refractivity contribution in [3.05, 3.63) is 103 Å². The first-order valence-corrected chi connectivity index (χ1v) is 10.1. The third-order valence-electron chi connectivity index (χ3n) is 4.85. The Morgan fingerprint density at radius 1 is 0.875 bits per heavy atom. The van der Waals surface area contributed by atoms with E-state index in [1.54, 1.807) is 13.3 Å². The molecule has 0 aliphatic rings. The number of nitrogens with zero attached hydrogens (tertiary/aromatic N) is 2. The molecule has 4 aromatic rings. The quantitative estimate of drug-likeness (QED) is 0.329. The minimum Gasteiger partial charge on any atom is -0.497 e. The molecule has 0 aliphatic heterocycles. The van der Waals surface area contributed by atoms with E-state index in [1.807, 2.05) is 102 Å². The van der Waals surface area contributed by atoms with Gasteiger partial charge in [-0.3, -0.25) is 4.79 Å². The zero-order valence-electron chi connectivity index (χ0n) is 17.6. The topological polar surface area (TPSA) is 64.8 Å². The van der Waals surface area contributed by atoms with E-state index in [9.17, 15) is 4.79 Å². The minimum absolute atomic E-state index is 0.123. The summed E-state index contributed by atoms with van der Waals surface area (Å²) in [5.41, 5.74) is 6.51. The summed E-state index contributed by atoms with van der Waals surface area (Å²) < 4.78 is 12.7. The number of hydrogen-bond donors (Lipinski definition) is 1. The summed E-state index contributed by atoms with van der Waals surface area (Å²) in [7, 11) is 1.63. The summed E-state index contributed by atoms with van der Waals surface area (Å²) >= 11 is 0. The number of nitrogens with one attached hydrogen (secondary N) is 1. The Morgan fingerprint density at radius 3 is 2.28 bits per heavy atom. The number of benzene rings is 3. The SMILES string of the molecule is COc1ccc(-n2cccc2/C=N/NC(=O)COc2ccc(-c3ccccc3)cc2)cc1. The van der Waals surface area contributed by atoms with Crippen molar-refractivity contribution in [3.63, 3.8) is 0 Å². The van der Waals surface area contributed by atoms with Crippen LogP contribution < -0.4 is 14.9 Å². The third-order valence-corrected chi connectivity index (χ3v) is 4.85. The van der Waals surface area contributed by atoms with Crippen molar-refractivity contribution in [3.8, 4) is 28.3 Å². The Balaban J connectivity index is 1.29. The number of aromatic nitrogens is 1. The van der Waals surface area contributed by atoms with Crippen LogP contribution in [0.25, 0.3) is 16.8 Å². The predicted molar refractivity (Wildman–Crippen MR) is 125 cm³/mol. The molecule has 0 saturated carbocycles. The molecule has 160 valence electrons. The van der Waals surface area contributed by atoms with Crippen LogP contribution in [0.5, 0.6) is 11.5 Å². The fourth-order valence-corrected chi connectivity index (χ4v) is 3.20. The number of ether oxygens (including phenoxy) is 2. The van der Waals surface area contributed by atoms with Crippen molar-refractivity contribution in [1.82, 2.24) is 9.99 Å². The summed E-state index contributed by atoms with van der Waals surface area (Å²) in [5, 5.41) is 4.05. The van der Waals surface area contributed by atoms with Gasteiger partial charge in [-0.25, -0.2) is 5.43 Å². The third kappa shape index (κ3) is 5.23.